The maximum atomic E-state index is 13.9. The molecule has 0 atom stereocenters. The van der Waals surface area contributed by atoms with Crippen LogP contribution in [-0.2, 0) is 11.3 Å². The van der Waals surface area contributed by atoms with Crippen LogP contribution in [0.25, 0.3) is 17.5 Å². The lowest BCUT2D eigenvalue weighted by Crippen LogP contribution is -2.29. The Morgan fingerprint density at radius 1 is 1.28 bits per heavy atom. The van der Waals surface area contributed by atoms with Crippen LogP contribution in [0.1, 0.15) is 24.8 Å². The number of carbonyl (C=O) groups is 1. The molecule has 150 valence electrons. The van der Waals surface area contributed by atoms with Crippen molar-refractivity contribution in [2.45, 2.75) is 19.9 Å². The third-order valence-electron chi connectivity index (χ3n) is 4.07. The summed E-state index contributed by atoms with van der Waals surface area (Å²) >= 11 is 9.46. The predicted octanol–water partition coefficient (Wildman–Crippen LogP) is 5.74. The summed E-state index contributed by atoms with van der Waals surface area (Å²) in [4.78, 5) is 14.2. The lowest BCUT2D eigenvalue weighted by molar-refractivity contribution is -0.126. The average Bonchev–Trinajstić information content (AvgIpc) is 3.17. The smallest absolute Gasteiger partial charge is 0.249 e. The molecule has 0 saturated heterocycles. The van der Waals surface area contributed by atoms with Crippen molar-refractivity contribution in [3.8, 4) is 11.5 Å². The van der Waals surface area contributed by atoms with E-state index in [1.807, 2.05) is 19.1 Å². The van der Waals surface area contributed by atoms with E-state index in [4.69, 9.17) is 16.0 Å². The number of halogens is 3. The first-order valence-electron chi connectivity index (χ1n) is 8.97. The molecule has 3 aromatic rings. The predicted molar refractivity (Wildman–Crippen MR) is 114 cm³/mol. The van der Waals surface area contributed by atoms with E-state index in [0.29, 0.717) is 34.5 Å². The second-order valence-electron chi connectivity index (χ2n) is 6.24. The number of nitrogens with zero attached hydrogens (tertiary/aromatic N) is 3. The quantitative estimate of drug-likeness (QED) is 0.406. The van der Waals surface area contributed by atoms with Crippen molar-refractivity contribution in [2.24, 2.45) is 0 Å². The molecule has 0 saturated carbocycles. The minimum Gasteiger partial charge on any atom is -0.419 e. The van der Waals surface area contributed by atoms with Gasteiger partial charge in [0.05, 0.1) is 17.1 Å². The molecule has 5 nitrogen and oxygen atoms in total. The first kappa shape index (κ1) is 21.2. The zero-order valence-electron chi connectivity index (χ0n) is 15.6. The van der Waals surface area contributed by atoms with E-state index < -0.39 is 5.82 Å². The van der Waals surface area contributed by atoms with Crippen LogP contribution in [-0.4, -0.2) is 27.5 Å². The molecule has 0 bridgehead atoms. The summed E-state index contributed by atoms with van der Waals surface area (Å²) in [5, 5.41) is 8.55. The Balaban J connectivity index is 1.75. The van der Waals surface area contributed by atoms with Gasteiger partial charge in [0.15, 0.2) is 0 Å². The Bertz CT molecular complexity index is 1040. The van der Waals surface area contributed by atoms with Crippen LogP contribution in [0.15, 0.2) is 57.4 Å². The highest BCUT2D eigenvalue weighted by Gasteiger charge is 2.17. The van der Waals surface area contributed by atoms with Gasteiger partial charge < -0.3 is 9.32 Å². The molecule has 0 aliphatic heterocycles. The molecule has 0 fully saturated rings. The van der Waals surface area contributed by atoms with Gasteiger partial charge in [-0.15, -0.1) is 10.2 Å². The highest BCUT2D eigenvalue weighted by Crippen LogP contribution is 2.26. The molecule has 1 heterocycles. The fourth-order valence-electron chi connectivity index (χ4n) is 2.67. The Kier molecular flexibility index (Phi) is 7.17. The summed E-state index contributed by atoms with van der Waals surface area (Å²) in [6, 6.07) is 11.7. The van der Waals surface area contributed by atoms with Gasteiger partial charge in [-0.3, -0.25) is 4.79 Å². The van der Waals surface area contributed by atoms with Crippen molar-refractivity contribution < 1.29 is 13.6 Å². The summed E-state index contributed by atoms with van der Waals surface area (Å²) in [5.74, 6) is -0.0886. The van der Waals surface area contributed by atoms with Crippen molar-refractivity contribution in [1.82, 2.24) is 15.1 Å². The summed E-state index contributed by atoms with van der Waals surface area (Å²) in [7, 11) is 0. The van der Waals surface area contributed by atoms with Crippen LogP contribution in [0.4, 0.5) is 4.39 Å². The Labute approximate surface area is 181 Å². The molecule has 3 rings (SSSR count). The standard InChI is InChI=1S/C21H18BrClFN3O2/c1-2-11-27(20(28)10-7-14-12-15(22)8-9-18(14)24)13-19-25-26-21(29-19)16-5-3-4-6-17(16)23/h3-10,12H,2,11,13H2,1H3/b10-7+. The van der Waals surface area contributed by atoms with Crippen LogP contribution < -0.4 is 0 Å². The van der Waals surface area contributed by atoms with Gasteiger partial charge in [-0.05, 0) is 42.8 Å². The molecule has 0 unspecified atom stereocenters. The molecule has 1 aromatic heterocycles. The van der Waals surface area contributed by atoms with Gasteiger partial charge in [-0.2, -0.15) is 0 Å². The van der Waals surface area contributed by atoms with E-state index in [2.05, 4.69) is 26.1 Å². The minimum absolute atomic E-state index is 0.148. The Hall–Kier alpha value is -2.51. The summed E-state index contributed by atoms with van der Waals surface area (Å²) in [5.41, 5.74) is 0.953. The first-order valence-corrected chi connectivity index (χ1v) is 10.1. The summed E-state index contributed by atoms with van der Waals surface area (Å²) in [6.07, 6.45) is 3.54. The van der Waals surface area contributed by atoms with Crippen LogP contribution in [0.2, 0.25) is 5.02 Å². The molecule has 0 aliphatic carbocycles. The van der Waals surface area contributed by atoms with Crippen LogP contribution in [0.3, 0.4) is 0 Å². The lowest BCUT2D eigenvalue weighted by Gasteiger charge is -2.18. The third-order valence-corrected chi connectivity index (χ3v) is 4.89. The van der Waals surface area contributed by atoms with Crippen molar-refractivity contribution in [2.75, 3.05) is 6.54 Å². The second-order valence-corrected chi connectivity index (χ2v) is 7.56. The van der Waals surface area contributed by atoms with Gasteiger partial charge in [-0.25, -0.2) is 4.39 Å². The molecule has 0 aliphatic rings. The Morgan fingerprint density at radius 3 is 2.83 bits per heavy atom. The highest BCUT2D eigenvalue weighted by molar-refractivity contribution is 9.10. The van der Waals surface area contributed by atoms with Gasteiger partial charge >= 0.3 is 0 Å². The average molecular weight is 479 g/mol. The molecular formula is C21H18BrClFN3O2. The molecule has 0 N–H and O–H groups in total. The normalized spacial score (nSPS) is 11.2. The molecule has 29 heavy (non-hydrogen) atoms. The lowest BCUT2D eigenvalue weighted by atomic mass is 10.2. The van der Waals surface area contributed by atoms with Gasteiger partial charge in [-0.1, -0.05) is 46.6 Å². The SMILES string of the molecule is CCCN(Cc1nnc(-c2ccccc2Cl)o1)C(=O)/C=C/c1cc(Br)ccc1F. The van der Waals surface area contributed by atoms with Crippen LogP contribution >= 0.6 is 27.5 Å². The number of hydrogen-bond donors (Lipinski definition) is 0. The second kappa shape index (κ2) is 9.80. The van der Waals surface area contributed by atoms with Gasteiger partial charge in [0.2, 0.25) is 17.7 Å². The van der Waals surface area contributed by atoms with E-state index in [1.165, 1.54) is 18.2 Å². The third kappa shape index (κ3) is 5.52. The summed E-state index contributed by atoms with van der Waals surface area (Å²) in [6.45, 7) is 2.60. The zero-order chi connectivity index (χ0) is 20.8. The van der Waals surface area contributed by atoms with E-state index in [-0.39, 0.29) is 12.5 Å². The maximum Gasteiger partial charge on any atom is 0.249 e. The number of carbonyl (C=O) groups excluding carboxylic acids is 1. The van der Waals surface area contributed by atoms with E-state index in [9.17, 15) is 9.18 Å². The number of amides is 1. The topological polar surface area (TPSA) is 59.2 Å². The number of aromatic nitrogens is 2. The molecule has 0 radical (unpaired) electrons. The number of rotatable bonds is 7. The van der Waals surface area contributed by atoms with Crippen LogP contribution in [0, 0.1) is 5.82 Å². The maximum absolute atomic E-state index is 13.9. The molecule has 2 aromatic carbocycles. The fraction of sp³-hybridized carbons (Fsp3) is 0.190. The molecule has 8 heteroatoms. The monoisotopic (exact) mass is 477 g/mol. The van der Waals surface area contributed by atoms with Crippen molar-refractivity contribution in [3.05, 3.63) is 75.3 Å². The number of hydrogen-bond acceptors (Lipinski definition) is 4. The first-order chi connectivity index (χ1) is 14.0. The van der Waals surface area contributed by atoms with Crippen LogP contribution in [0.5, 0.6) is 0 Å². The van der Waals surface area contributed by atoms with E-state index in [1.54, 1.807) is 29.2 Å². The molecular weight excluding hydrogens is 461 g/mol. The number of benzene rings is 2. The van der Waals surface area contributed by atoms with E-state index in [0.717, 1.165) is 10.9 Å². The summed E-state index contributed by atoms with van der Waals surface area (Å²) < 4.78 is 20.3. The van der Waals surface area contributed by atoms with E-state index >= 15 is 0 Å². The van der Waals surface area contributed by atoms with Crippen molar-refractivity contribution in [1.29, 1.82) is 0 Å². The fourth-order valence-corrected chi connectivity index (χ4v) is 3.27. The minimum atomic E-state index is -0.402. The zero-order valence-corrected chi connectivity index (χ0v) is 18.0. The largest absolute Gasteiger partial charge is 0.419 e. The van der Waals surface area contributed by atoms with Crippen molar-refractivity contribution >= 4 is 39.5 Å². The molecule has 1 amide bonds. The van der Waals surface area contributed by atoms with Gasteiger partial charge in [0, 0.05) is 22.7 Å². The van der Waals surface area contributed by atoms with Crippen molar-refractivity contribution in [3.63, 3.8) is 0 Å². The Morgan fingerprint density at radius 2 is 2.07 bits per heavy atom. The van der Waals surface area contributed by atoms with Gasteiger partial charge in [0.25, 0.3) is 0 Å². The highest BCUT2D eigenvalue weighted by atomic mass is 79.9. The van der Waals surface area contributed by atoms with Gasteiger partial charge in [0.1, 0.15) is 5.82 Å². The molecule has 0 spiro atoms.